The van der Waals surface area contributed by atoms with Gasteiger partial charge in [-0.2, -0.15) is 0 Å². The number of fused-ring (bicyclic) bond motifs is 4. The van der Waals surface area contributed by atoms with Crippen LogP contribution in [0.5, 0.6) is 11.5 Å². The average molecular weight is 614 g/mol. The molecule has 10 nitrogen and oxygen atoms in total. The van der Waals surface area contributed by atoms with E-state index in [1.165, 1.54) is 17.0 Å². The van der Waals surface area contributed by atoms with Gasteiger partial charge >= 0.3 is 0 Å². The van der Waals surface area contributed by atoms with E-state index in [9.17, 15) is 18.8 Å². The van der Waals surface area contributed by atoms with Gasteiger partial charge in [-0.1, -0.05) is 31.5 Å². The van der Waals surface area contributed by atoms with E-state index < -0.39 is 17.8 Å². The molecular formula is C31H37ClFN5O5. The first-order valence-corrected chi connectivity index (χ1v) is 14.6. The zero-order chi connectivity index (χ0) is 30.9. The molecule has 2 aromatic carbocycles. The number of carbonyl (C=O) groups excluding carboxylic acids is 3. The van der Waals surface area contributed by atoms with Crippen LogP contribution in [-0.2, 0) is 27.3 Å². The van der Waals surface area contributed by atoms with Crippen molar-refractivity contribution in [3.8, 4) is 22.9 Å². The fourth-order valence-corrected chi connectivity index (χ4v) is 5.08. The first kappa shape index (κ1) is 31.8. The van der Waals surface area contributed by atoms with E-state index in [0.29, 0.717) is 43.0 Å². The van der Waals surface area contributed by atoms with Crippen LogP contribution in [0.15, 0.2) is 48.8 Å². The minimum Gasteiger partial charge on any atom is -0.493 e. The number of carbonyl (C=O) groups is 3. The van der Waals surface area contributed by atoms with Gasteiger partial charge in [0.1, 0.15) is 17.7 Å². The molecule has 2 N–H and O–H groups in total. The maximum atomic E-state index is 13.6. The third-order valence-corrected chi connectivity index (χ3v) is 7.50. The standard InChI is InChI=1S/C31H37ClFN5O5/c1-20(2)29-31(41)35-10-4-12-37-14-11-34-30(37)22-7-9-25(42-3)26(16-22)43-15-5-13-38(19-27(39)36-29)28(40)17-21-6-8-23(33)18-24(21)32/h6-9,11,14,16,18,20,29H,4-5,10,12-13,15,17,19H2,1-3H3,(H,35,41)(H,36,39)/t29-/m1/s1. The molecule has 3 amide bonds. The Balaban J connectivity index is 1.58. The molecule has 12 heteroatoms. The Morgan fingerprint density at radius 1 is 1.19 bits per heavy atom. The number of ether oxygens (including phenoxy) is 2. The lowest BCUT2D eigenvalue weighted by Gasteiger charge is -2.26. The normalized spacial score (nSPS) is 17.1. The molecule has 43 heavy (non-hydrogen) atoms. The van der Waals surface area contributed by atoms with Crippen LogP contribution in [0, 0.1) is 11.7 Å². The maximum absolute atomic E-state index is 13.6. The molecule has 2 bridgehead atoms. The van der Waals surface area contributed by atoms with E-state index in [-0.39, 0.29) is 48.9 Å². The number of methoxy groups -OCH3 is 1. The lowest BCUT2D eigenvalue weighted by Crippen LogP contribution is -2.52. The SMILES string of the molecule is COc1ccc2cc1OCCCN(C(=O)Cc1ccc(F)cc1Cl)CC(=O)N[C@H](C(C)C)C(=O)NCCCn1ccnc1-2. The minimum absolute atomic E-state index is 0.121. The number of benzene rings is 2. The topological polar surface area (TPSA) is 115 Å². The number of hydrogen-bond acceptors (Lipinski definition) is 6. The summed E-state index contributed by atoms with van der Waals surface area (Å²) in [7, 11) is 1.56. The van der Waals surface area contributed by atoms with Crippen molar-refractivity contribution >= 4 is 29.3 Å². The molecule has 0 radical (unpaired) electrons. The molecular weight excluding hydrogens is 577 g/mol. The van der Waals surface area contributed by atoms with E-state index >= 15 is 0 Å². The third-order valence-electron chi connectivity index (χ3n) is 7.15. The minimum atomic E-state index is -0.779. The van der Waals surface area contributed by atoms with Gasteiger partial charge in [0.2, 0.25) is 17.7 Å². The van der Waals surface area contributed by atoms with E-state index in [0.717, 1.165) is 17.5 Å². The zero-order valence-electron chi connectivity index (χ0n) is 24.6. The number of imidazole rings is 1. The van der Waals surface area contributed by atoms with Crippen molar-refractivity contribution in [3.05, 3.63) is 65.2 Å². The van der Waals surface area contributed by atoms with Gasteiger partial charge in [0.15, 0.2) is 11.5 Å². The van der Waals surface area contributed by atoms with Crippen molar-refractivity contribution in [2.75, 3.05) is 33.4 Å². The molecule has 0 saturated heterocycles. The highest BCUT2D eigenvalue weighted by Gasteiger charge is 2.26. The molecule has 1 aliphatic heterocycles. The summed E-state index contributed by atoms with van der Waals surface area (Å²) in [6, 6.07) is 8.62. The van der Waals surface area contributed by atoms with Gasteiger partial charge in [-0.25, -0.2) is 9.37 Å². The highest BCUT2D eigenvalue weighted by molar-refractivity contribution is 6.31. The first-order valence-electron chi connectivity index (χ1n) is 14.3. The van der Waals surface area contributed by atoms with Crippen molar-refractivity contribution in [1.82, 2.24) is 25.1 Å². The van der Waals surface area contributed by atoms with E-state index in [4.69, 9.17) is 21.1 Å². The fourth-order valence-electron chi connectivity index (χ4n) is 4.85. The van der Waals surface area contributed by atoms with Gasteiger partial charge in [-0.15, -0.1) is 0 Å². The first-order chi connectivity index (χ1) is 20.7. The number of rotatable bonds is 4. The summed E-state index contributed by atoms with van der Waals surface area (Å²) >= 11 is 6.17. The highest BCUT2D eigenvalue weighted by atomic mass is 35.5. The van der Waals surface area contributed by atoms with Crippen LogP contribution in [0.25, 0.3) is 11.4 Å². The van der Waals surface area contributed by atoms with E-state index in [2.05, 4.69) is 15.6 Å². The van der Waals surface area contributed by atoms with Gasteiger partial charge in [-0.05, 0) is 54.7 Å². The monoisotopic (exact) mass is 613 g/mol. The predicted octanol–water partition coefficient (Wildman–Crippen LogP) is 3.85. The van der Waals surface area contributed by atoms with Crippen molar-refractivity contribution in [1.29, 1.82) is 0 Å². The summed E-state index contributed by atoms with van der Waals surface area (Å²) in [6.07, 6.45) is 4.52. The van der Waals surface area contributed by atoms with Crippen LogP contribution in [0.1, 0.15) is 32.3 Å². The Labute approximate surface area is 255 Å². The molecule has 4 rings (SSSR count). The van der Waals surface area contributed by atoms with E-state index in [1.54, 1.807) is 13.3 Å². The van der Waals surface area contributed by atoms with Crippen LogP contribution in [-0.4, -0.2) is 71.6 Å². The molecule has 0 spiro atoms. The summed E-state index contributed by atoms with van der Waals surface area (Å²) in [4.78, 5) is 45.5. The fraction of sp³-hybridized carbons (Fsp3) is 0.419. The maximum Gasteiger partial charge on any atom is 0.242 e. The van der Waals surface area contributed by atoms with Gasteiger partial charge in [0.05, 0.1) is 26.7 Å². The van der Waals surface area contributed by atoms with Gasteiger partial charge in [-0.3, -0.25) is 14.4 Å². The van der Waals surface area contributed by atoms with Crippen LogP contribution >= 0.6 is 11.6 Å². The molecule has 1 atom stereocenters. The largest absolute Gasteiger partial charge is 0.493 e. The second kappa shape index (κ2) is 14.9. The molecule has 2 heterocycles. The molecule has 1 aliphatic rings. The number of amides is 3. The average Bonchev–Trinajstić information content (AvgIpc) is 3.44. The Kier molecular flexibility index (Phi) is 11.0. The van der Waals surface area contributed by atoms with Crippen molar-refractivity contribution in [2.24, 2.45) is 5.92 Å². The number of aromatic nitrogens is 2. The second-order valence-corrected chi connectivity index (χ2v) is 11.1. The smallest absolute Gasteiger partial charge is 0.242 e. The van der Waals surface area contributed by atoms with E-state index in [1.807, 2.05) is 42.8 Å². The lowest BCUT2D eigenvalue weighted by molar-refractivity contribution is -0.137. The number of nitrogens with one attached hydrogen (secondary N) is 2. The van der Waals surface area contributed by atoms with Crippen LogP contribution in [0.4, 0.5) is 4.39 Å². The second-order valence-electron chi connectivity index (χ2n) is 10.7. The van der Waals surface area contributed by atoms with Crippen molar-refractivity contribution in [2.45, 2.75) is 45.7 Å². The summed E-state index contributed by atoms with van der Waals surface area (Å²) in [5, 5.41) is 5.84. The van der Waals surface area contributed by atoms with Crippen LogP contribution in [0.2, 0.25) is 5.02 Å². The van der Waals surface area contributed by atoms with Gasteiger partial charge < -0.3 is 29.6 Å². The summed E-state index contributed by atoms with van der Waals surface area (Å²) in [6.45, 7) is 4.85. The number of halogens is 2. The van der Waals surface area contributed by atoms with Crippen molar-refractivity contribution < 1.29 is 28.2 Å². The molecule has 0 aliphatic carbocycles. The number of hydrogen-bond donors (Lipinski definition) is 2. The zero-order valence-corrected chi connectivity index (χ0v) is 25.3. The molecule has 230 valence electrons. The molecule has 0 fully saturated rings. The molecule has 1 aromatic heterocycles. The molecule has 3 aromatic rings. The Hall–Kier alpha value is -4.12. The molecule has 0 unspecified atom stereocenters. The Morgan fingerprint density at radius 2 is 2.00 bits per heavy atom. The van der Waals surface area contributed by atoms with Gasteiger partial charge in [0.25, 0.3) is 0 Å². The summed E-state index contributed by atoms with van der Waals surface area (Å²) in [5.41, 5.74) is 1.28. The summed E-state index contributed by atoms with van der Waals surface area (Å²) in [5.74, 6) is -0.00462. The van der Waals surface area contributed by atoms with Crippen molar-refractivity contribution in [3.63, 3.8) is 0 Å². The molecule has 0 saturated carbocycles. The predicted molar refractivity (Wildman–Crippen MR) is 160 cm³/mol. The number of aryl methyl sites for hydroxylation is 1. The Bertz CT molecular complexity index is 1450. The quantitative estimate of drug-likeness (QED) is 0.462. The van der Waals surface area contributed by atoms with Crippen LogP contribution < -0.4 is 20.1 Å². The lowest BCUT2D eigenvalue weighted by atomic mass is 10.0. The van der Waals surface area contributed by atoms with Gasteiger partial charge in [0, 0.05) is 42.6 Å². The third kappa shape index (κ3) is 8.47. The van der Waals surface area contributed by atoms with Crippen LogP contribution in [0.3, 0.4) is 0 Å². The summed E-state index contributed by atoms with van der Waals surface area (Å²) < 4.78 is 27.1. The Morgan fingerprint density at radius 3 is 2.74 bits per heavy atom. The number of nitrogens with zero attached hydrogens (tertiary/aromatic N) is 3. The highest BCUT2D eigenvalue weighted by Crippen LogP contribution is 2.32.